The van der Waals surface area contributed by atoms with Crippen molar-refractivity contribution in [2.75, 3.05) is 13.1 Å². The van der Waals surface area contributed by atoms with Crippen LogP contribution in [0.15, 0.2) is 0 Å². The molecule has 6 heteroatoms. The Bertz CT molecular complexity index is 218. The fourth-order valence-electron chi connectivity index (χ4n) is 1.50. The van der Waals surface area contributed by atoms with Crippen LogP contribution in [0, 0.1) is 5.41 Å². The second-order valence-corrected chi connectivity index (χ2v) is 3.64. The lowest BCUT2D eigenvalue weighted by Crippen LogP contribution is -2.52. The van der Waals surface area contributed by atoms with E-state index in [1.165, 1.54) is 0 Å². The number of carbonyl (C=O) groups excluding carboxylic acids is 1. The monoisotopic (exact) mass is 210 g/mol. The highest BCUT2D eigenvalue weighted by Gasteiger charge is 2.43. The summed E-state index contributed by atoms with van der Waals surface area (Å²) in [6.07, 6.45) is -2.31. The number of nitrogens with two attached hydrogens (primary N) is 1. The molecule has 0 saturated heterocycles. The number of nitrogens with one attached hydrogen (secondary N) is 1. The van der Waals surface area contributed by atoms with Gasteiger partial charge in [0, 0.05) is 6.54 Å². The second kappa shape index (κ2) is 3.76. The van der Waals surface area contributed by atoms with Crippen molar-refractivity contribution in [3.63, 3.8) is 0 Å². The third kappa shape index (κ3) is 2.37. The Morgan fingerprint density at radius 1 is 1.43 bits per heavy atom. The van der Waals surface area contributed by atoms with Gasteiger partial charge in [0.05, 0.1) is 5.41 Å². The summed E-state index contributed by atoms with van der Waals surface area (Å²) < 4.78 is 35.4. The number of halogens is 3. The van der Waals surface area contributed by atoms with Gasteiger partial charge in [-0.05, 0) is 12.8 Å². The lowest BCUT2D eigenvalue weighted by Gasteiger charge is -2.39. The van der Waals surface area contributed by atoms with E-state index in [1.807, 2.05) is 5.32 Å². The van der Waals surface area contributed by atoms with Crippen molar-refractivity contribution in [2.45, 2.75) is 25.4 Å². The highest BCUT2D eigenvalue weighted by atomic mass is 19.4. The summed E-state index contributed by atoms with van der Waals surface area (Å²) in [6, 6.07) is 0. The van der Waals surface area contributed by atoms with E-state index in [9.17, 15) is 18.0 Å². The van der Waals surface area contributed by atoms with Gasteiger partial charge in [-0.3, -0.25) is 4.79 Å². The zero-order valence-electron chi connectivity index (χ0n) is 7.66. The molecule has 1 amide bonds. The van der Waals surface area contributed by atoms with E-state index in [1.54, 1.807) is 0 Å². The molecule has 3 nitrogen and oxygen atoms in total. The van der Waals surface area contributed by atoms with Gasteiger partial charge in [0.15, 0.2) is 0 Å². The van der Waals surface area contributed by atoms with Crippen molar-refractivity contribution >= 4 is 5.91 Å². The fraction of sp³-hybridized carbons (Fsp3) is 0.875. The molecule has 0 atom stereocenters. The minimum absolute atomic E-state index is 0.122. The minimum Gasteiger partial charge on any atom is -0.346 e. The molecule has 3 N–H and O–H groups in total. The van der Waals surface area contributed by atoms with Crippen LogP contribution < -0.4 is 11.1 Å². The highest BCUT2D eigenvalue weighted by molar-refractivity contribution is 5.83. The third-order valence-electron chi connectivity index (χ3n) is 2.63. The molecule has 0 aliphatic heterocycles. The van der Waals surface area contributed by atoms with Crippen LogP contribution in [-0.4, -0.2) is 25.2 Å². The van der Waals surface area contributed by atoms with Gasteiger partial charge in [-0.25, -0.2) is 0 Å². The lowest BCUT2D eigenvalue weighted by molar-refractivity contribution is -0.147. The summed E-state index contributed by atoms with van der Waals surface area (Å²) in [5, 5.41) is 1.87. The molecular formula is C8H13F3N2O. The lowest BCUT2D eigenvalue weighted by atomic mass is 9.68. The number of hydrogen-bond acceptors (Lipinski definition) is 2. The SMILES string of the molecule is NCC1(C(=O)NCC(F)(F)F)CCC1. The Labute approximate surface area is 79.8 Å². The van der Waals surface area contributed by atoms with Gasteiger partial charge >= 0.3 is 6.18 Å². The van der Waals surface area contributed by atoms with Crippen LogP contribution in [0.4, 0.5) is 13.2 Å². The Kier molecular flexibility index (Phi) is 3.04. The summed E-state index contributed by atoms with van der Waals surface area (Å²) in [4.78, 5) is 11.3. The van der Waals surface area contributed by atoms with E-state index in [0.717, 1.165) is 6.42 Å². The van der Waals surface area contributed by atoms with Crippen molar-refractivity contribution < 1.29 is 18.0 Å². The van der Waals surface area contributed by atoms with Crippen LogP contribution in [0.2, 0.25) is 0 Å². The third-order valence-corrected chi connectivity index (χ3v) is 2.63. The van der Waals surface area contributed by atoms with Crippen molar-refractivity contribution in [3.8, 4) is 0 Å². The fourth-order valence-corrected chi connectivity index (χ4v) is 1.50. The predicted octanol–water partition coefficient (Wildman–Crippen LogP) is 0.794. The average Bonchev–Trinajstić information content (AvgIpc) is 1.98. The zero-order chi connectivity index (χ0) is 10.8. The van der Waals surface area contributed by atoms with Crippen LogP contribution in [0.5, 0.6) is 0 Å². The molecule has 1 saturated carbocycles. The number of hydrogen-bond donors (Lipinski definition) is 2. The highest BCUT2D eigenvalue weighted by Crippen LogP contribution is 2.40. The van der Waals surface area contributed by atoms with E-state index in [0.29, 0.717) is 12.8 Å². The molecular weight excluding hydrogens is 197 g/mol. The van der Waals surface area contributed by atoms with E-state index in [4.69, 9.17) is 5.73 Å². The summed E-state index contributed by atoms with van der Waals surface area (Å²) in [5.74, 6) is -0.566. The van der Waals surface area contributed by atoms with Crippen LogP contribution in [0.25, 0.3) is 0 Å². The summed E-state index contributed by atoms with van der Waals surface area (Å²) in [7, 11) is 0. The van der Waals surface area contributed by atoms with Crippen LogP contribution >= 0.6 is 0 Å². The summed E-state index contributed by atoms with van der Waals surface area (Å²) in [5.41, 5.74) is 4.64. The largest absolute Gasteiger partial charge is 0.405 e. The summed E-state index contributed by atoms with van der Waals surface area (Å²) >= 11 is 0. The van der Waals surface area contributed by atoms with Gasteiger partial charge in [-0.2, -0.15) is 13.2 Å². The molecule has 0 aromatic carbocycles. The van der Waals surface area contributed by atoms with Gasteiger partial charge in [-0.1, -0.05) is 6.42 Å². The molecule has 14 heavy (non-hydrogen) atoms. The maximum absolute atomic E-state index is 11.8. The molecule has 0 heterocycles. The normalized spacial score (nSPS) is 20.0. The first-order valence-electron chi connectivity index (χ1n) is 4.45. The van der Waals surface area contributed by atoms with Gasteiger partial charge in [0.2, 0.25) is 5.91 Å². The molecule has 1 fully saturated rings. The molecule has 1 aliphatic carbocycles. The Balaban J connectivity index is 2.42. The molecule has 1 rings (SSSR count). The molecule has 0 radical (unpaired) electrons. The number of amides is 1. The Morgan fingerprint density at radius 2 is 2.00 bits per heavy atom. The number of carbonyl (C=O) groups is 1. The first-order valence-corrected chi connectivity index (χ1v) is 4.45. The standard InChI is InChI=1S/C8H13F3N2O/c9-8(10,11)5-13-6(14)7(4-12)2-1-3-7/h1-5,12H2,(H,13,14). The minimum atomic E-state index is -4.35. The van der Waals surface area contributed by atoms with Crippen molar-refractivity contribution in [2.24, 2.45) is 11.1 Å². The Morgan fingerprint density at radius 3 is 2.29 bits per heavy atom. The van der Waals surface area contributed by atoms with Crippen LogP contribution in [-0.2, 0) is 4.79 Å². The zero-order valence-corrected chi connectivity index (χ0v) is 7.66. The van der Waals surface area contributed by atoms with Gasteiger partial charge in [-0.15, -0.1) is 0 Å². The molecule has 0 aromatic rings. The van der Waals surface area contributed by atoms with E-state index < -0.39 is 24.0 Å². The van der Waals surface area contributed by atoms with Gasteiger partial charge in [0.1, 0.15) is 6.54 Å². The maximum atomic E-state index is 11.8. The average molecular weight is 210 g/mol. The molecule has 1 aliphatic rings. The van der Waals surface area contributed by atoms with Crippen LogP contribution in [0.1, 0.15) is 19.3 Å². The van der Waals surface area contributed by atoms with E-state index >= 15 is 0 Å². The van der Waals surface area contributed by atoms with Gasteiger partial charge in [0.25, 0.3) is 0 Å². The topological polar surface area (TPSA) is 55.1 Å². The quantitative estimate of drug-likeness (QED) is 0.723. The number of alkyl halides is 3. The second-order valence-electron chi connectivity index (χ2n) is 3.64. The maximum Gasteiger partial charge on any atom is 0.405 e. The Hall–Kier alpha value is -0.780. The van der Waals surface area contributed by atoms with Crippen molar-refractivity contribution in [1.29, 1.82) is 0 Å². The molecule has 0 bridgehead atoms. The first kappa shape index (κ1) is 11.3. The van der Waals surface area contributed by atoms with Gasteiger partial charge < -0.3 is 11.1 Å². The van der Waals surface area contributed by atoms with Crippen LogP contribution in [0.3, 0.4) is 0 Å². The molecule has 0 unspecified atom stereocenters. The molecule has 0 spiro atoms. The first-order chi connectivity index (χ1) is 6.40. The predicted molar refractivity (Wildman–Crippen MR) is 44.4 cm³/mol. The van der Waals surface area contributed by atoms with Crippen molar-refractivity contribution in [3.05, 3.63) is 0 Å². The van der Waals surface area contributed by atoms with E-state index in [-0.39, 0.29) is 6.54 Å². The summed E-state index contributed by atoms with van der Waals surface area (Å²) in [6.45, 7) is -1.15. The smallest absolute Gasteiger partial charge is 0.346 e. The molecule has 82 valence electrons. The molecule has 0 aromatic heterocycles. The van der Waals surface area contributed by atoms with Crippen molar-refractivity contribution in [1.82, 2.24) is 5.32 Å². The van der Waals surface area contributed by atoms with E-state index in [2.05, 4.69) is 0 Å². The number of rotatable bonds is 3.